The van der Waals surface area contributed by atoms with Gasteiger partial charge in [0.05, 0.1) is 22.1 Å². The lowest BCUT2D eigenvalue weighted by atomic mass is 10.2. The molecule has 0 unspecified atom stereocenters. The third-order valence-electron chi connectivity index (χ3n) is 3.95. The number of non-ortho nitro benzene ring substituents is 1. The second-order valence-electron chi connectivity index (χ2n) is 6.08. The van der Waals surface area contributed by atoms with Gasteiger partial charge in [0.25, 0.3) is 11.6 Å². The third kappa shape index (κ3) is 3.95. The van der Waals surface area contributed by atoms with Gasteiger partial charge in [0.1, 0.15) is 5.65 Å². The van der Waals surface area contributed by atoms with Gasteiger partial charge >= 0.3 is 0 Å². The van der Waals surface area contributed by atoms with E-state index in [4.69, 9.17) is 0 Å². The first-order valence-electron chi connectivity index (χ1n) is 7.86. The SMILES string of the molecule is Cc1cccn2cc(CNC(=O)c3cc([N+](=O)[O-])cc(S(C)(=O)=O)c3)nc12. The van der Waals surface area contributed by atoms with Crippen molar-refractivity contribution in [3.05, 3.63) is 69.7 Å². The second-order valence-corrected chi connectivity index (χ2v) is 8.10. The van der Waals surface area contributed by atoms with Crippen molar-refractivity contribution >= 4 is 27.1 Å². The molecular formula is C17H16N4O5S. The molecule has 1 amide bonds. The summed E-state index contributed by atoms with van der Waals surface area (Å²) in [7, 11) is -3.70. The van der Waals surface area contributed by atoms with Crippen LogP contribution in [0, 0.1) is 17.0 Å². The molecule has 1 aromatic carbocycles. The highest BCUT2D eigenvalue weighted by Crippen LogP contribution is 2.21. The number of pyridine rings is 1. The average Bonchev–Trinajstić information content (AvgIpc) is 3.03. The molecule has 1 N–H and O–H groups in total. The number of aryl methyl sites for hydroxylation is 1. The van der Waals surface area contributed by atoms with E-state index in [0.29, 0.717) is 5.69 Å². The van der Waals surface area contributed by atoms with Gasteiger partial charge in [-0.25, -0.2) is 13.4 Å². The van der Waals surface area contributed by atoms with E-state index in [1.807, 2.05) is 29.7 Å². The number of benzene rings is 1. The van der Waals surface area contributed by atoms with Crippen LogP contribution in [0.1, 0.15) is 21.6 Å². The summed E-state index contributed by atoms with van der Waals surface area (Å²) in [6.45, 7) is 2.01. The molecule has 2 aromatic heterocycles. The zero-order chi connectivity index (χ0) is 19.8. The zero-order valence-electron chi connectivity index (χ0n) is 14.5. The van der Waals surface area contributed by atoms with Gasteiger partial charge in [0, 0.05) is 36.3 Å². The van der Waals surface area contributed by atoms with E-state index in [9.17, 15) is 23.3 Å². The fourth-order valence-corrected chi connectivity index (χ4v) is 3.27. The maximum Gasteiger partial charge on any atom is 0.271 e. The molecule has 27 heavy (non-hydrogen) atoms. The van der Waals surface area contributed by atoms with Gasteiger partial charge in [0.15, 0.2) is 9.84 Å². The van der Waals surface area contributed by atoms with Crippen LogP contribution in [0.4, 0.5) is 5.69 Å². The van der Waals surface area contributed by atoms with Gasteiger partial charge in [-0.2, -0.15) is 0 Å². The van der Waals surface area contributed by atoms with Gasteiger partial charge in [-0.05, 0) is 24.6 Å². The van der Waals surface area contributed by atoms with Gasteiger partial charge in [-0.3, -0.25) is 14.9 Å². The Morgan fingerprint density at radius 2 is 2.07 bits per heavy atom. The Morgan fingerprint density at radius 1 is 1.33 bits per heavy atom. The summed E-state index contributed by atoms with van der Waals surface area (Å²) < 4.78 is 25.3. The van der Waals surface area contributed by atoms with Crippen LogP contribution < -0.4 is 5.32 Å². The molecule has 0 saturated heterocycles. The number of sulfone groups is 1. The fourth-order valence-electron chi connectivity index (χ4n) is 2.60. The van der Waals surface area contributed by atoms with E-state index in [0.717, 1.165) is 35.7 Å². The molecule has 10 heteroatoms. The topological polar surface area (TPSA) is 124 Å². The van der Waals surface area contributed by atoms with Crippen molar-refractivity contribution in [3.63, 3.8) is 0 Å². The number of nitro benzene ring substituents is 1. The summed E-state index contributed by atoms with van der Waals surface area (Å²) in [4.78, 5) is 26.8. The molecule has 0 saturated carbocycles. The number of rotatable bonds is 5. The van der Waals surface area contributed by atoms with E-state index in [2.05, 4.69) is 10.3 Å². The number of carbonyl (C=O) groups is 1. The molecule has 0 aliphatic rings. The van der Waals surface area contributed by atoms with Gasteiger partial charge in [-0.1, -0.05) is 6.07 Å². The lowest BCUT2D eigenvalue weighted by molar-refractivity contribution is -0.385. The largest absolute Gasteiger partial charge is 0.346 e. The zero-order valence-corrected chi connectivity index (χ0v) is 15.4. The van der Waals surface area contributed by atoms with Crippen molar-refractivity contribution in [2.75, 3.05) is 6.26 Å². The third-order valence-corrected chi connectivity index (χ3v) is 5.04. The highest BCUT2D eigenvalue weighted by molar-refractivity contribution is 7.90. The number of nitro groups is 1. The van der Waals surface area contributed by atoms with E-state index in [1.54, 1.807) is 6.20 Å². The summed E-state index contributed by atoms with van der Waals surface area (Å²) in [5.74, 6) is -0.627. The minimum Gasteiger partial charge on any atom is -0.346 e. The van der Waals surface area contributed by atoms with Crippen LogP contribution in [-0.4, -0.2) is 34.9 Å². The molecule has 0 aliphatic heterocycles. The molecular weight excluding hydrogens is 372 g/mol. The first-order chi connectivity index (χ1) is 12.6. The molecule has 0 bridgehead atoms. The standard InChI is InChI=1S/C17H16N4O5S/c1-11-4-3-5-20-10-13(19-16(11)20)9-18-17(22)12-6-14(21(23)24)8-15(7-12)27(2,25)26/h3-8,10H,9H2,1-2H3,(H,18,22). The van der Waals surface area contributed by atoms with Crippen molar-refractivity contribution in [1.29, 1.82) is 0 Å². The molecule has 9 nitrogen and oxygen atoms in total. The quantitative estimate of drug-likeness (QED) is 0.526. The highest BCUT2D eigenvalue weighted by atomic mass is 32.2. The summed E-state index contributed by atoms with van der Waals surface area (Å²) in [5.41, 5.74) is 1.77. The Labute approximate surface area is 154 Å². The van der Waals surface area contributed by atoms with Crippen molar-refractivity contribution in [2.45, 2.75) is 18.4 Å². The van der Waals surface area contributed by atoms with Crippen molar-refractivity contribution in [1.82, 2.24) is 14.7 Å². The summed E-state index contributed by atoms with van der Waals surface area (Å²) in [6.07, 6.45) is 4.52. The Bertz CT molecular complexity index is 1170. The van der Waals surface area contributed by atoms with Crippen LogP contribution in [0.2, 0.25) is 0 Å². The predicted octanol–water partition coefficient (Wildman–Crippen LogP) is 1.88. The normalized spacial score (nSPS) is 11.5. The van der Waals surface area contributed by atoms with Crippen molar-refractivity contribution in [3.8, 4) is 0 Å². The van der Waals surface area contributed by atoms with Crippen molar-refractivity contribution in [2.24, 2.45) is 0 Å². The minimum atomic E-state index is -3.70. The first-order valence-corrected chi connectivity index (χ1v) is 9.75. The van der Waals surface area contributed by atoms with E-state index in [1.165, 1.54) is 0 Å². The van der Waals surface area contributed by atoms with Crippen LogP contribution in [0.15, 0.2) is 47.6 Å². The number of nitrogens with one attached hydrogen (secondary N) is 1. The number of aromatic nitrogens is 2. The van der Waals surface area contributed by atoms with E-state index in [-0.39, 0.29) is 17.0 Å². The molecule has 140 valence electrons. The fraction of sp³-hybridized carbons (Fsp3) is 0.176. The molecule has 0 spiro atoms. The number of carbonyl (C=O) groups excluding carboxylic acids is 1. The average molecular weight is 388 g/mol. The predicted molar refractivity (Wildman–Crippen MR) is 97.3 cm³/mol. The molecule has 0 atom stereocenters. The number of amides is 1. The smallest absolute Gasteiger partial charge is 0.271 e. The van der Waals surface area contributed by atoms with Gasteiger partial charge in [0.2, 0.25) is 0 Å². The van der Waals surface area contributed by atoms with Crippen molar-refractivity contribution < 1.29 is 18.1 Å². The molecule has 0 radical (unpaired) electrons. The summed E-state index contributed by atoms with van der Waals surface area (Å²) >= 11 is 0. The number of nitrogens with zero attached hydrogens (tertiary/aromatic N) is 3. The van der Waals surface area contributed by atoms with Crippen LogP contribution in [-0.2, 0) is 16.4 Å². The number of fused-ring (bicyclic) bond motifs is 1. The van der Waals surface area contributed by atoms with E-state index < -0.39 is 26.4 Å². The first kappa shape index (κ1) is 18.5. The Kier molecular flexibility index (Phi) is 4.66. The lowest BCUT2D eigenvalue weighted by Gasteiger charge is -2.06. The minimum absolute atomic E-state index is 0.0941. The summed E-state index contributed by atoms with van der Waals surface area (Å²) in [5, 5.41) is 13.6. The van der Waals surface area contributed by atoms with Crippen LogP contribution in [0.5, 0.6) is 0 Å². The summed E-state index contributed by atoms with van der Waals surface area (Å²) in [6, 6.07) is 6.88. The molecule has 0 aliphatic carbocycles. The van der Waals surface area contributed by atoms with Crippen LogP contribution in [0.3, 0.4) is 0 Å². The lowest BCUT2D eigenvalue weighted by Crippen LogP contribution is -2.23. The number of hydrogen-bond donors (Lipinski definition) is 1. The Hall–Kier alpha value is -3.27. The second kappa shape index (κ2) is 6.80. The molecule has 3 aromatic rings. The van der Waals surface area contributed by atoms with Gasteiger partial charge < -0.3 is 9.72 Å². The maximum atomic E-state index is 12.4. The molecule has 2 heterocycles. The monoisotopic (exact) mass is 388 g/mol. The Morgan fingerprint density at radius 3 is 2.70 bits per heavy atom. The molecule has 3 rings (SSSR count). The highest BCUT2D eigenvalue weighted by Gasteiger charge is 2.19. The van der Waals surface area contributed by atoms with Gasteiger partial charge in [-0.15, -0.1) is 0 Å². The van der Waals surface area contributed by atoms with E-state index >= 15 is 0 Å². The van der Waals surface area contributed by atoms with Crippen LogP contribution >= 0.6 is 0 Å². The number of imidazole rings is 1. The number of hydrogen-bond acceptors (Lipinski definition) is 6. The van der Waals surface area contributed by atoms with Crippen LogP contribution in [0.25, 0.3) is 5.65 Å². The molecule has 0 fully saturated rings. The Balaban J connectivity index is 1.85. The maximum absolute atomic E-state index is 12.4.